The van der Waals surface area contributed by atoms with Crippen LogP contribution in [0.15, 0.2) is 45.1 Å². The third-order valence-electron chi connectivity index (χ3n) is 2.84. The summed E-state index contributed by atoms with van der Waals surface area (Å²) >= 11 is 10.9. The van der Waals surface area contributed by atoms with Gasteiger partial charge in [0.25, 0.3) is 0 Å². The number of halogens is 2. The van der Waals surface area contributed by atoms with Crippen molar-refractivity contribution in [3.63, 3.8) is 0 Å². The van der Waals surface area contributed by atoms with Crippen molar-refractivity contribution >= 4 is 48.9 Å². The van der Waals surface area contributed by atoms with Crippen LogP contribution in [0.2, 0.25) is 5.02 Å². The lowest BCUT2D eigenvalue weighted by Crippen LogP contribution is -2.29. The smallest absolute Gasteiger partial charge is 0.207 e. The fourth-order valence-corrected chi connectivity index (χ4v) is 4.57. The van der Waals surface area contributed by atoms with Crippen LogP contribution < -0.4 is 0 Å². The third-order valence-corrected chi connectivity index (χ3v) is 6.60. The molecule has 0 aliphatic carbocycles. The number of benzene rings is 1. The average Bonchev–Trinajstić information content (AvgIpc) is 2.88. The lowest BCUT2D eigenvalue weighted by Gasteiger charge is -2.17. The van der Waals surface area contributed by atoms with Crippen molar-refractivity contribution in [2.75, 3.05) is 13.6 Å². The van der Waals surface area contributed by atoms with Gasteiger partial charge in [-0.05, 0) is 36.1 Å². The molecule has 0 saturated heterocycles. The quantitative estimate of drug-likeness (QED) is 0.768. The van der Waals surface area contributed by atoms with E-state index in [-0.39, 0.29) is 9.92 Å². The van der Waals surface area contributed by atoms with Crippen LogP contribution in [0.3, 0.4) is 0 Å². The van der Waals surface area contributed by atoms with E-state index in [1.54, 1.807) is 30.5 Å². The monoisotopic (exact) mass is 393 g/mol. The van der Waals surface area contributed by atoms with Gasteiger partial charge in [0, 0.05) is 22.9 Å². The minimum absolute atomic E-state index is 0.135. The van der Waals surface area contributed by atoms with Gasteiger partial charge in [-0.15, -0.1) is 11.3 Å². The number of rotatable bonds is 5. The lowest BCUT2D eigenvalue weighted by atomic mass is 10.3. The van der Waals surface area contributed by atoms with E-state index >= 15 is 0 Å². The molecule has 0 unspecified atom stereocenters. The summed E-state index contributed by atoms with van der Waals surface area (Å²) in [5.74, 6) is 0. The summed E-state index contributed by atoms with van der Waals surface area (Å²) in [7, 11) is -1.98. The molecule has 7 heteroatoms. The highest BCUT2D eigenvalue weighted by Crippen LogP contribution is 2.27. The molecule has 0 saturated carbocycles. The van der Waals surface area contributed by atoms with Crippen molar-refractivity contribution in [2.24, 2.45) is 0 Å². The number of likely N-dealkylation sites (N-methyl/N-ethyl adjacent to an activating group) is 1. The molecule has 0 atom stereocenters. The highest BCUT2D eigenvalue weighted by Gasteiger charge is 2.23. The lowest BCUT2D eigenvalue weighted by molar-refractivity contribution is 0.473. The number of thiophene rings is 1. The van der Waals surface area contributed by atoms with Crippen molar-refractivity contribution < 1.29 is 8.42 Å². The molecule has 1 heterocycles. The molecule has 0 spiro atoms. The Bertz CT molecular complexity index is 686. The Morgan fingerprint density at radius 1 is 1.35 bits per heavy atom. The molecule has 0 bridgehead atoms. The van der Waals surface area contributed by atoms with Crippen LogP contribution in [0.25, 0.3) is 0 Å². The van der Waals surface area contributed by atoms with Crippen molar-refractivity contribution in [1.29, 1.82) is 0 Å². The Labute approximate surface area is 136 Å². The summed E-state index contributed by atoms with van der Waals surface area (Å²) in [5, 5.41) is 2.21. The zero-order chi connectivity index (χ0) is 14.8. The van der Waals surface area contributed by atoms with Crippen LogP contribution in [0.1, 0.15) is 4.88 Å². The van der Waals surface area contributed by atoms with Gasteiger partial charge >= 0.3 is 0 Å². The third kappa shape index (κ3) is 3.62. The topological polar surface area (TPSA) is 37.4 Å². The zero-order valence-electron chi connectivity index (χ0n) is 10.7. The maximum absolute atomic E-state index is 12.5. The summed E-state index contributed by atoms with van der Waals surface area (Å²) in [6.07, 6.45) is 0.696. The van der Waals surface area contributed by atoms with Gasteiger partial charge in [0.1, 0.15) is 4.90 Å². The first-order chi connectivity index (χ1) is 9.41. The van der Waals surface area contributed by atoms with Gasteiger partial charge in [-0.1, -0.05) is 33.6 Å². The fourth-order valence-electron chi connectivity index (χ4n) is 1.69. The molecule has 108 valence electrons. The Balaban J connectivity index is 2.16. The molecule has 0 fully saturated rings. The Morgan fingerprint density at radius 2 is 2.10 bits per heavy atom. The Hall–Kier alpha value is -0.400. The van der Waals surface area contributed by atoms with E-state index in [2.05, 4.69) is 15.9 Å². The van der Waals surface area contributed by atoms with Crippen molar-refractivity contribution in [2.45, 2.75) is 11.3 Å². The SMILES string of the molecule is CN(CCc1cccs1)S(=O)(=O)c1ccc(Br)cc1Cl. The number of nitrogens with zero attached hydrogens (tertiary/aromatic N) is 1. The molecule has 0 aliphatic rings. The van der Waals surface area contributed by atoms with Gasteiger partial charge in [0.15, 0.2) is 0 Å². The number of hydrogen-bond acceptors (Lipinski definition) is 3. The first-order valence-corrected chi connectivity index (χ1v) is 9.34. The fraction of sp³-hybridized carbons (Fsp3) is 0.231. The van der Waals surface area contributed by atoms with E-state index < -0.39 is 10.0 Å². The van der Waals surface area contributed by atoms with Gasteiger partial charge in [0.05, 0.1) is 5.02 Å². The minimum Gasteiger partial charge on any atom is -0.207 e. The normalized spacial score (nSPS) is 12.0. The van der Waals surface area contributed by atoms with E-state index in [1.807, 2.05) is 17.5 Å². The highest BCUT2D eigenvalue weighted by atomic mass is 79.9. The zero-order valence-corrected chi connectivity index (χ0v) is 14.7. The van der Waals surface area contributed by atoms with Crippen molar-refractivity contribution in [3.05, 3.63) is 50.1 Å². The van der Waals surface area contributed by atoms with E-state index in [4.69, 9.17) is 11.6 Å². The maximum atomic E-state index is 12.5. The minimum atomic E-state index is -3.55. The molecular formula is C13H13BrClNO2S2. The molecule has 20 heavy (non-hydrogen) atoms. The molecule has 2 aromatic rings. The van der Waals surface area contributed by atoms with Crippen molar-refractivity contribution in [1.82, 2.24) is 4.31 Å². The Morgan fingerprint density at radius 3 is 2.70 bits per heavy atom. The molecule has 1 aromatic heterocycles. The molecule has 0 amide bonds. The molecule has 3 nitrogen and oxygen atoms in total. The van der Waals surface area contributed by atoms with Gasteiger partial charge < -0.3 is 0 Å². The van der Waals surface area contributed by atoms with Crippen LogP contribution in [0.5, 0.6) is 0 Å². The molecule has 0 radical (unpaired) electrons. The summed E-state index contributed by atoms with van der Waals surface area (Å²) in [5.41, 5.74) is 0. The van der Waals surface area contributed by atoms with E-state index in [0.717, 1.165) is 9.35 Å². The van der Waals surface area contributed by atoms with Crippen LogP contribution in [-0.2, 0) is 16.4 Å². The first kappa shape index (κ1) is 16.0. The van der Waals surface area contributed by atoms with Crippen LogP contribution in [0, 0.1) is 0 Å². The van der Waals surface area contributed by atoms with E-state index in [0.29, 0.717) is 13.0 Å². The average molecular weight is 395 g/mol. The number of hydrogen-bond donors (Lipinski definition) is 0. The predicted octanol–water partition coefficient (Wildman–Crippen LogP) is 4.03. The second-order valence-electron chi connectivity index (χ2n) is 4.23. The van der Waals surface area contributed by atoms with Crippen molar-refractivity contribution in [3.8, 4) is 0 Å². The number of sulfonamides is 1. The van der Waals surface area contributed by atoms with Gasteiger partial charge in [-0.3, -0.25) is 0 Å². The first-order valence-electron chi connectivity index (χ1n) is 5.85. The summed E-state index contributed by atoms with van der Waals surface area (Å²) in [6.45, 7) is 0.426. The summed E-state index contributed by atoms with van der Waals surface area (Å²) in [6, 6.07) is 8.73. The predicted molar refractivity (Wildman–Crippen MR) is 87.0 cm³/mol. The van der Waals surface area contributed by atoms with Crippen LogP contribution in [0.4, 0.5) is 0 Å². The second-order valence-corrected chi connectivity index (χ2v) is 8.60. The highest BCUT2D eigenvalue weighted by molar-refractivity contribution is 9.10. The Kier molecular flexibility index (Phi) is 5.25. The molecule has 2 rings (SSSR count). The summed E-state index contributed by atoms with van der Waals surface area (Å²) in [4.78, 5) is 1.30. The van der Waals surface area contributed by atoms with Gasteiger partial charge in [-0.2, -0.15) is 0 Å². The van der Waals surface area contributed by atoms with E-state index in [1.165, 1.54) is 10.4 Å². The molecule has 0 N–H and O–H groups in total. The maximum Gasteiger partial charge on any atom is 0.244 e. The standard InChI is InChI=1S/C13H13BrClNO2S2/c1-16(7-6-11-3-2-8-19-11)20(17,18)13-5-4-10(14)9-12(13)15/h2-5,8-9H,6-7H2,1H3. The van der Waals surface area contributed by atoms with E-state index in [9.17, 15) is 8.42 Å². The largest absolute Gasteiger partial charge is 0.244 e. The molecule has 1 aromatic carbocycles. The molecule has 0 aliphatic heterocycles. The van der Waals surface area contributed by atoms with Gasteiger partial charge in [-0.25, -0.2) is 12.7 Å². The molecular weight excluding hydrogens is 382 g/mol. The summed E-state index contributed by atoms with van der Waals surface area (Å²) < 4.78 is 27.0. The van der Waals surface area contributed by atoms with Crippen LogP contribution >= 0.6 is 38.9 Å². The van der Waals surface area contributed by atoms with Gasteiger partial charge in [0.2, 0.25) is 10.0 Å². The second kappa shape index (κ2) is 6.58. The van der Waals surface area contributed by atoms with Crippen LogP contribution in [-0.4, -0.2) is 26.3 Å².